The van der Waals surface area contributed by atoms with Crippen LogP contribution < -0.4 is 5.73 Å². The SMILES string of the molecule is CC.CC.CCCC.CCN. The molecule has 0 atom stereocenters. The van der Waals surface area contributed by atoms with E-state index in [-0.39, 0.29) is 0 Å². The first kappa shape index (κ1) is 22.4. The molecule has 0 bridgehead atoms. The van der Waals surface area contributed by atoms with E-state index in [1.54, 1.807) is 0 Å². The fourth-order valence-corrected chi connectivity index (χ4v) is 0. The molecule has 0 fully saturated rings. The predicted octanol–water partition coefficient (Wildman–Crippen LogP) is 3.82. The quantitative estimate of drug-likeness (QED) is 0.625. The molecule has 0 spiro atoms. The van der Waals surface area contributed by atoms with Crippen LogP contribution in [0.2, 0.25) is 0 Å². The third-order valence-corrected chi connectivity index (χ3v) is 0.500. The van der Waals surface area contributed by atoms with Crippen LogP contribution in [-0.4, -0.2) is 6.54 Å². The first-order valence-corrected chi connectivity index (χ1v) is 5.03. The van der Waals surface area contributed by atoms with Gasteiger partial charge in [0.1, 0.15) is 0 Å². The van der Waals surface area contributed by atoms with Crippen LogP contribution in [0.5, 0.6) is 0 Å². The number of rotatable bonds is 1. The Bertz CT molecular complexity index is 12.3. The lowest BCUT2D eigenvalue weighted by Crippen LogP contribution is -1.87. The van der Waals surface area contributed by atoms with Crippen molar-refractivity contribution in [2.75, 3.05) is 6.54 Å². The third-order valence-electron chi connectivity index (χ3n) is 0.500. The van der Waals surface area contributed by atoms with Crippen molar-refractivity contribution in [3.8, 4) is 0 Å². The average molecular weight is 163 g/mol. The normalized spacial score (nSPS) is 5.45. The van der Waals surface area contributed by atoms with Gasteiger partial charge in [-0.2, -0.15) is 0 Å². The highest BCUT2D eigenvalue weighted by molar-refractivity contribution is 4.12. The molecule has 0 aromatic carbocycles. The van der Waals surface area contributed by atoms with Crippen LogP contribution in [0.4, 0.5) is 0 Å². The minimum absolute atomic E-state index is 0.750. The zero-order valence-electron chi connectivity index (χ0n) is 9.70. The van der Waals surface area contributed by atoms with Crippen LogP contribution in [0.25, 0.3) is 0 Å². The van der Waals surface area contributed by atoms with E-state index >= 15 is 0 Å². The second kappa shape index (κ2) is 91.3. The maximum atomic E-state index is 4.85. The smallest absolute Gasteiger partial charge is 0.0106 e. The third kappa shape index (κ3) is 685. The monoisotopic (exact) mass is 163 g/mol. The summed E-state index contributed by atoms with van der Waals surface area (Å²) in [5, 5.41) is 0. The molecule has 0 rings (SSSR count). The summed E-state index contributed by atoms with van der Waals surface area (Å²) < 4.78 is 0. The molecule has 0 aliphatic heterocycles. The van der Waals surface area contributed by atoms with E-state index in [2.05, 4.69) is 13.8 Å². The van der Waals surface area contributed by atoms with Crippen LogP contribution in [0, 0.1) is 0 Å². The Labute approximate surface area is 74.4 Å². The number of nitrogens with two attached hydrogens (primary N) is 1. The Morgan fingerprint density at radius 2 is 0.818 bits per heavy atom. The van der Waals surface area contributed by atoms with Gasteiger partial charge >= 0.3 is 0 Å². The van der Waals surface area contributed by atoms with Crippen molar-refractivity contribution in [2.24, 2.45) is 5.73 Å². The van der Waals surface area contributed by atoms with Crippen LogP contribution in [-0.2, 0) is 0 Å². The number of hydrogen-bond donors (Lipinski definition) is 1. The zero-order chi connectivity index (χ0) is 10.1. The zero-order valence-corrected chi connectivity index (χ0v) is 9.70. The van der Waals surface area contributed by atoms with E-state index < -0.39 is 0 Å². The first-order valence-electron chi connectivity index (χ1n) is 5.03. The molecule has 2 N–H and O–H groups in total. The van der Waals surface area contributed by atoms with Crippen molar-refractivity contribution in [3.05, 3.63) is 0 Å². The lowest BCUT2D eigenvalue weighted by atomic mass is 10.4. The van der Waals surface area contributed by atoms with E-state index in [4.69, 9.17) is 5.73 Å². The Morgan fingerprint density at radius 1 is 0.727 bits per heavy atom. The standard InChI is InChI=1S/C4H10.C2H7N.2C2H6/c1-3-4-2;1-2-3;2*1-2/h3-4H2,1-2H3;2-3H2,1H3;2*1-2H3. The van der Waals surface area contributed by atoms with E-state index in [9.17, 15) is 0 Å². The highest BCUT2D eigenvalue weighted by Gasteiger charge is 1.56. The molecule has 0 heterocycles. The molecule has 1 nitrogen and oxygen atoms in total. The van der Waals surface area contributed by atoms with Crippen molar-refractivity contribution in [3.63, 3.8) is 0 Å². The van der Waals surface area contributed by atoms with Crippen LogP contribution in [0.3, 0.4) is 0 Å². The molecule has 1 heteroatoms. The molecule has 0 aliphatic carbocycles. The highest BCUT2D eigenvalue weighted by Crippen LogP contribution is 1.76. The summed E-state index contributed by atoms with van der Waals surface area (Å²) in [5.41, 5.74) is 4.85. The second-order valence-corrected chi connectivity index (χ2v) is 1.41. The number of hydrogen-bond acceptors (Lipinski definition) is 1. The summed E-state index contributed by atoms with van der Waals surface area (Å²) in [5.74, 6) is 0. The second-order valence-electron chi connectivity index (χ2n) is 1.41. The lowest BCUT2D eigenvalue weighted by Gasteiger charge is -1.68. The van der Waals surface area contributed by atoms with Gasteiger partial charge in [-0.05, 0) is 6.54 Å². The Balaban J connectivity index is -0.0000000315. The lowest BCUT2D eigenvalue weighted by molar-refractivity contribution is 0.886. The molecule has 0 unspecified atom stereocenters. The topological polar surface area (TPSA) is 26.0 Å². The van der Waals surface area contributed by atoms with Gasteiger partial charge in [0, 0.05) is 0 Å². The van der Waals surface area contributed by atoms with Gasteiger partial charge in [0.25, 0.3) is 0 Å². The molecule has 0 amide bonds. The fraction of sp³-hybridized carbons (Fsp3) is 1.00. The molecular formula is C10H29N. The summed E-state index contributed by atoms with van der Waals surface area (Å²) in [6.07, 6.45) is 2.64. The van der Waals surface area contributed by atoms with Crippen LogP contribution in [0.15, 0.2) is 0 Å². The Hall–Kier alpha value is -0.0400. The number of unbranched alkanes of at least 4 members (excludes halogenated alkanes) is 1. The molecule has 0 aliphatic rings. The van der Waals surface area contributed by atoms with Gasteiger partial charge in [-0.3, -0.25) is 0 Å². The van der Waals surface area contributed by atoms with Gasteiger partial charge in [0.05, 0.1) is 0 Å². The minimum atomic E-state index is 0.750. The maximum absolute atomic E-state index is 4.85. The minimum Gasteiger partial charge on any atom is -0.331 e. The molecule has 0 aromatic rings. The highest BCUT2D eigenvalue weighted by atomic mass is 14.5. The van der Waals surface area contributed by atoms with Gasteiger partial charge in [0.15, 0.2) is 0 Å². The van der Waals surface area contributed by atoms with Crippen molar-refractivity contribution < 1.29 is 0 Å². The maximum Gasteiger partial charge on any atom is -0.0106 e. The molecule has 11 heavy (non-hydrogen) atoms. The van der Waals surface area contributed by atoms with Crippen molar-refractivity contribution in [2.45, 2.75) is 61.3 Å². The summed E-state index contributed by atoms with van der Waals surface area (Å²) in [6.45, 7) is 15.0. The largest absolute Gasteiger partial charge is 0.331 e. The van der Waals surface area contributed by atoms with Crippen molar-refractivity contribution in [1.29, 1.82) is 0 Å². The van der Waals surface area contributed by atoms with Crippen LogP contribution >= 0.6 is 0 Å². The summed E-state index contributed by atoms with van der Waals surface area (Å²) >= 11 is 0. The van der Waals surface area contributed by atoms with E-state index in [0.717, 1.165) is 6.54 Å². The van der Waals surface area contributed by atoms with Crippen molar-refractivity contribution in [1.82, 2.24) is 0 Å². The summed E-state index contributed by atoms with van der Waals surface area (Å²) in [6, 6.07) is 0. The Kier molecular flexibility index (Phi) is 186. The predicted molar refractivity (Wildman–Crippen MR) is 58.0 cm³/mol. The van der Waals surface area contributed by atoms with Gasteiger partial charge < -0.3 is 5.73 Å². The van der Waals surface area contributed by atoms with Gasteiger partial charge in [-0.1, -0.05) is 61.3 Å². The van der Waals surface area contributed by atoms with Gasteiger partial charge in [-0.15, -0.1) is 0 Å². The Morgan fingerprint density at radius 3 is 0.818 bits per heavy atom. The molecule has 0 saturated carbocycles. The fourth-order valence-electron chi connectivity index (χ4n) is 0. The molecule has 0 radical (unpaired) electrons. The molecule has 74 valence electrons. The van der Waals surface area contributed by atoms with Gasteiger partial charge in [0.2, 0.25) is 0 Å². The molecular weight excluding hydrogens is 134 g/mol. The average Bonchev–Trinajstić information content (AvgIpc) is 2.12. The van der Waals surface area contributed by atoms with Gasteiger partial charge in [-0.25, -0.2) is 0 Å². The summed E-state index contributed by atoms with van der Waals surface area (Å²) in [7, 11) is 0. The van der Waals surface area contributed by atoms with Crippen molar-refractivity contribution >= 4 is 0 Å². The van der Waals surface area contributed by atoms with E-state index in [0.29, 0.717) is 0 Å². The molecule has 0 saturated heterocycles. The molecule has 0 aromatic heterocycles. The summed E-state index contributed by atoms with van der Waals surface area (Å²) in [4.78, 5) is 0. The van der Waals surface area contributed by atoms with E-state index in [1.807, 2.05) is 34.6 Å². The first-order chi connectivity index (χ1) is 5.33. The van der Waals surface area contributed by atoms with E-state index in [1.165, 1.54) is 12.8 Å². The van der Waals surface area contributed by atoms with Crippen LogP contribution in [0.1, 0.15) is 61.3 Å².